The summed E-state index contributed by atoms with van der Waals surface area (Å²) < 4.78 is 43.0. The molecule has 3 rings (SSSR count). The third-order valence-electron chi connectivity index (χ3n) is 4.55. The molecule has 0 amide bonds. The average Bonchev–Trinajstić information content (AvgIpc) is 2.84. The summed E-state index contributed by atoms with van der Waals surface area (Å²) in [5, 5.41) is 0. The summed E-state index contributed by atoms with van der Waals surface area (Å²) in [7, 11) is 0. The molecule has 0 bridgehead atoms. The standard InChI is InChI=1S/C17H23F3N2O/c18-17(19,20)13-22-7-1-6-21(9-10-22)8-4-14-2-3-16-15(12-14)5-11-23-16/h2-3,12H,1,4-11,13H2. The predicted octanol–water partition coefficient (Wildman–Crippen LogP) is 2.73. The van der Waals surface area contributed by atoms with Crippen LogP contribution in [0, 0.1) is 0 Å². The van der Waals surface area contributed by atoms with Gasteiger partial charge in [0.2, 0.25) is 0 Å². The van der Waals surface area contributed by atoms with Crippen molar-refractivity contribution in [3.63, 3.8) is 0 Å². The van der Waals surface area contributed by atoms with Crippen LogP contribution in [0.25, 0.3) is 0 Å². The highest BCUT2D eigenvalue weighted by molar-refractivity contribution is 5.39. The first-order valence-electron chi connectivity index (χ1n) is 8.26. The zero-order valence-electron chi connectivity index (χ0n) is 13.2. The van der Waals surface area contributed by atoms with Crippen molar-refractivity contribution in [3.05, 3.63) is 29.3 Å². The molecule has 2 aliphatic heterocycles. The molecule has 1 aromatic rings. The van der Waals surface area contributed by atoms with E-state index in [4.69, 9.17) is 4.74 Å². The number of ether oxygens (including phenoxy) is 1. The van der Waals surface area contributed by atoms with Crippen LogP contribution >= 0.6 is 0 Å². The molecule has 3 nitrogen and oxygen atoms in total. The number of hydrogen-bond donors (Lipinski definition) is 0. The number of hydrogen-bond acceptors (Lipinski definition) is 3. The van der Waals surface area contributed by atoms with E-state index in [2.05, 4.69) is 17.0 Å². The van der Waals surface area contributed by atoms with Crippen molar-refractivity contribution in [2.45, 2.75) is 25.4 Å². The van der Waals surface area contributed by atoms with E-state index >= 15 is 0 Å². The van der Waals surface area contributed by atoms with Gasteiger partial charge >= 0.3 is 6.18 Å². The summed E-state index contributed by atoms with van der Waals surface area (Å²) in [6, 6.07) is 6.33. The van der Waals surface area contributed by atoms with E-state index in [1.54, 1.807) is 0 Å². The van der Waals surface area contributed by atoms with Gasteiger partial charge in [0, 0.05) is 26.1 Å². The molecule has 0 N–H and O–H groups in total. The van der Waals surface area contributed by atoms with Gasteiger partial charge in [-0.3, -0.25) is 4.90 Å². The lowest BCUT2D eigenvalue weighted by Crippen LogP contribution is -2.37. The first kappa shape index (κ1) is 16.6. The van der Waals surface area contributed by atoms with Gasteiger partial charge in [0.15, 0.2) is 0 Å². The summed E-state index contributed by atoms with van der Waals surface area (Å²) in [4.78, 5) is 3.80. The van der Waals surface area contributed by atoms with Crippen LogP contribution in [0.5, 0.6) is 5.75 Å². The van der Waals surface area contributed by atoms with E-state index in [0.717, 1.165) is 44.7 Å². The summed E-state index contributed by atoms with van der Waals surface area (Å²) in [5.74, 6) is 0.992. The van der Waals surface area contributed by atoms with E-state index in [-0.39, 0.29) is 0 Å². The fourth-order valence-corrected chi connectivity index (χ4v) is 3.34. The largest absolute Gasteiger partial charge is 0.493 e. The van der Waals surface area contributed by atoms with E-state index in [0.29, 0.717) is 19.6 Å². The second-order valence-electron chi connectivity index (χ2n) is 6.38. The molecular formula is C17H23F3N2O. The number of alkyl halides is 3. The Morgan fingerprint density at radius 1 is 1.04 bits per heavy atom. The van der Waals surface area contributed by atoms with Crippen molar-refractivity contribution in [1.82, 2.24) is 9.80 Å². The van der Waals surface area contributed by atoms with Gasteiger partial charge in [-0.2, -0.15) is 13.2 Å². The maximum atomic E-state index is 12.5. The lowest BCUT2D eigenvalue weighted by atomic mass is 10.1. The maximum Gasteiger partial charge on any atom is 0.401 e. The summed E-state index contributed by atoms with van der Waals surface area (Å²) in [6.45, 7) is 3.50. The number of nitrogens with zero attached hydrogens (tertiary/aromatic N) is 2. The summed E-state index contributed by atoms with van der Waals surface area (Å²) in [5.41, 5.74) is 2.56. The quantitative estimate of drug-likeness (QED) is 0.845. The van der Waals surface area contributed by atoms with Crippen LogP contribution in [0.3, 0.4) is 0 Å². The molecule has 0 aliphatic carbocycles. The molecule has 1 fully saturated rings. The number of rotatable bonds is 4. The Balaban J connectivity index is 1.47. The minimum atomic E-state index is -4.10. The molecule has 2 heterocycles. The topological polar surface area (TPSA) is 15.7 Å². The van der Waals surface area contributed by atoms with Crippen molar-refractivity contribution in [1.29, 1.82) is 0 Å². The lowest BCUT2D eigenvalue weighted by molar-refractivity contribution is -0.145. The minimum absolute atomic E-state index is 0.498. The van der Waals surface area contributed by atoms with Gasteiger partial charge in [0.1, 0.15) is 5.75 Å². The minimum Gasteiger partial charge on any atom is -0.493 e. The van der Waals surface area contributed by atoms with Crippen LogP contribution < -0.4 is 4.74 Å². The Bertz CT molecular complexity index is 533. The van der Waals surface area contributed by atoms with Crippen molar-refractivity contribution < 1.29 is 17.9 Å². The van der Waals surface area contributed by atoms with Crippen LogP contribution in [-0.2, 0) is 12.8 Å². The molecule has 0 radical (unpaired) electrons. The Morgan fingerprint density at radius 2 is 1.83 bits per heavy atom. The smallest absolute Gasteiger partial charge is 0.401 e. The van der Waals surface area contributed by atoms with E-state index in [1.807, 2.05) is 6.07 Å². The van der Waals surface area contributed by atoms with Crippen molar-refractivity contribution >= 4 is 0 Å². The molecular weight excluding hydrogens is 305 g/mol. The molecule has 6 heteroatoms. The van der Waals surface area contributed by atoms with Gasteiger partial charge in [0.25, 0.3) is 0 Å². The average molecular weight is 328 g/mol. The molecule has 0 saturated carbocycles. The highest BCUT2D eigenvalue weighted by Crippen LogP contribution is 2.26. The van der Waals surface area contributed by atoms with Crippen LogP contribution in [0.2, 0.25) is 0 Å². The van der Waals surface area contributed by atoms with E-state index in [1.165, 1.54) is 16.0 Å². The van der Waals surface area contributed by atoms with Gasteiger partial charge in [-0.1, -0.05) is 12.1 Å². The number of halogens is 3. The van der Waals surface area contributed by atoms with Crippen LogP contribution in [0.1, 0.15) is 17.5 Å². The molecule has 1 saturated heterocycles. The first-order chi connectivity index (χ1) is 11.0. The maximum absolute atomic E-state index is 12.5. The van der Waals surface area contributed by atoms with Crippen LogP contribution in [0.15, 0.2) is 18.2 Å². The normalized spacial score (nSPS) is 20.1. The molecule has 1 aromatic carbocycles. The fraction of sp³-hybridized carbons (Fsp3) is 0.647. The second kappa shape index (κ2) is 7.09. The van der Waals surface area contributed by atoms with Gasteiger partial charge in [0.05, 0.1) is 13.2 Å². The third-order valence-corrected chi connectivity index (χ3v) is 4.55. The molecule has 128 valence electrons. The third kappa shape index (κ3) is 4.85. The van der Waals surface area contributed by atoms with Gasteiger partial charge in [-0.25, -0.2) is 0 Å². The SMILES string of the molecule is FC(F)(F)CN1CCCN(CCc2ccc3c(c2)CCO3)CC1. The van der Waals surface area contributed by atoms with Crippen molar-refractivity contribution in [2.24, 2.45) is 0 Å². The lowest BCUT2D eigenvalue weighted by Gasteiger charge is -2.22. The Kier molecular flexibility index (Phi) is 5.11. The Hall–Kier alpha value is -1.27. The van der Waals surface area contributed by atoms with Crippen molar-refractivity contribution in [3.8, 4) is 5.75 Å². The molecule has 0 spiro atoms. The predicted molar refractivity (Wildman–Crippen MR) is 82.9 cm³/mol. The zero-order valence-corrected chi connectivity index (χ0v) is 13.2. The molecule has 0 atom stereocenters. The second-order valence-corrected chi connectivity index (χ2v) is 6.38. The van der Waals surface area contributed by atoms with Crippen molar-refractivity contribution in [2.75, 3.05) is 45.9 Å². The monoisotopic (exact) mass is 328 g/mol. The van der Waals surface area contributed by atoms with Gasteiger partial charge < -0.3 is 9.64 Å². The highest BCUT2D eigenvalue weighted by Gasteiger charge is 2.31. The first-order valence-corrected chi connectivity index (χ1v) is 8.26. The number of benzene rings is 1. The van der Waals surface area contributed by atoms with E-state index < -0.39 is 12.7 Å². The Labute approximate surface area is 135 Å². The zero-order chi connectivity index (χ0) is 16.3. The fourth-order valence-electron chi connectivity index (χ4n) is 3.34. The molecule has 0 aromatic heterocycles. The van der Waals surface area contributed by atoms with E-state index in [9.17, 15) is 13.2 Å². The van der Waals surface area contributed by atoms with Crippen LogP contribution in [-0.4, -0.2) is 61.9 Å². The van der Waals surface area contributed by atoms with Gasteiger partial charge in [-0.05, 0) is 43.1 Å². The highest BCUT2D eigenvalue weighted by atomic mass is 19.4. The molecule has 23 heavy (non-hydrogen) atoms. The summed E-state index contributed by atoms with van der Waals surface area (Å²) >= 11 is 0. The van der Waals surface area contributed by atoms with Gasteiger partial charge in [-0.15, -0.1) is 0 Å². The van der Waals surface area contributed by atoms with Crippen LogP contribution in [0.4, 0.5) is 13.2 Å². The number of fused-ring (bicyclic) bond motifs is 1. The molecule has 2 aliphatic rings. The molecule has 0 unspecified atom stereocenters. The Morgan fingerprint density at radius 3 is 2.65 bits per heavy atom. The summed E-state index contributed by atoms with van der Waals surface area (Å²) in [6.07, 6.45) is -1.39.